The van der Waals surface area contributed by atoms with E-state index in [2.05, 4.69) is 20.8 Å². The Hall–Kier alpha value is -2.77. The molecule has 9 nitrogen and oxygen atoms in total. The number of nitrogens with zero attached hydrogens (tertiary/aromatic N) is 3. The van der Waals surface area contributed by atoms with Crippen molar-refractivity contribution in [2.45, 2.75) is 44.2 Å². The first-order valence-corrected chi connectivity index (χ1v) is 9.16. The zero-order chi connectivity index (χ0) is 21.8. The second-order valence-electron chi connectivity index (χ2n) is 6.07. The minimum absolute atomic E-state index is 0.159. The molecule has 160 valence electrons. The van der Waals surface area contributed by atoms with Gasteiger partial charge in [-0.2, -0.15) is 13.2 Å². The van der Waals surface area contributed by atoms with Gasteiger partial charge in [-0.25, -0.2) is 9.18 Å². The molecule has 0 aromatic carbocycles. The van der Waals surface area contributed by atoms with Crippen molar-refractivity contribution >= 4 is 34.4 Å². The Morgan fingerprint density at radius 2 is 2.07 bits per heavy atom. The maximum absolute atomic E-state index is 13.5. The molecule has 1 aliphatic heterocycles. The molecule has 3 amide bonds. The Bertz CT molecular complexity index is 800. The highest BCUT2D eigenvalue weighted by molar-refractivity contribution is 7.15. The summed E-state index contributed by atoms with van der Waals surface area (Å²) in [6, 6.07) is -1.86. The van der Waals surface area contributed by atoms with Crippen molar-refractivity contribution in [1.82, 2.24) is 20.4 Å². The first kappa shape index (κ1) is 22.5. The lowest BCUT2D eigenvalue weighted by Crippen LogP contribution is -2.48. The normalized spacial score (nSPS) is 20.7. The molecular weight excluding hydrogens is 422 g/mol. The third-order valence-corrected chi connectivity index (χ3v) is 4.83. The van der Waals surface area contributed by atoms with Gasteiger partial charge in [-0.05, 0) is 6.42 Å². The molecule has 2 rings (SSSR count). The zero-order valence-electron chi connectivity index (χ0n) is 14.9. The molecule has 1 aliphatic rings. The van der Waals surface area contributed by atoms with Gasteiger partial charge in [-0.3, -0.25) is 19.8 Å². The molecule has 29 heavy (non-hydrogen) atoms. The quantitative estimate of drug-likeness (QED) is 0.460. The monoisotopic (exact) mass is 439 g/mol. The second-order valence-corrected chi connectivity index (χ2v) is 7.04. The predicted octanol–water partition coefficient (Wildman–Crippen LogP) is 2.04. The van der Waals surface area contributed by atoms with Crippen molar-refractivity contribution < 1.29 is 37.1 Å². The van der Waals surface area contributed by atoms with Crippen LogP contribution in [0.2, 0.25) is 0 Å². The van der Waals surface area contributed by atoms with Gasteiger partial charge < -0.3 is 10.4 Å². The van der Waals surface area contributed by atoms with E-state index in [0.29, 0.717) is 11.3 Å². The van der Waals surface area contributed by atoms with Gasteiger partial charge in [0.2, 0.25) is 22.0 Å². The topological polar surface area (TPSA) is 125 Å². The summed E-state index contributed by atoms with van der Waals surface area (Å²) in [5, 5.41) is 18.3. The summed E-state index contributed by atoms with van der Waals surface area (Å²) in [7, 11) is 0. The van der Waals surface area contributed by atoms with Gasteiger partial charge in [0.15, 0.2) is 0 Å². The van der Waals surface area contributed by atoms with Crippen LogP contribution in [0, 0.1) is 0 Å². The smallest absolute Gasteiger partial charge is 0.445 e. The molecule has 1 aromatic rings. The van der Waals surface area contributed by atoms with Crippen molar-refractivity contribution in [2.24, 2.45) is 0 Å². The van der Waals surface area contributed by atoms with Gasteiger partial charge in [-0.15, -0.1) is 10.2 Å². The van der Waals surface area contributed by atoms with Gasteiger partial charge in [0.25, 0.3) is 0 Å². The second kappa shape index (κ2) is 9.15. The molecule has 0 bridgehead atoms. The van der Waals surface area contributed by atoms with Crippen molar-refractivity contribution in [3.8, 4) is 0 Å². The largest absolute Gasteiger partial charge is 0.465 e. The summed E-state index contributed by atoms with van der Waals surface area (Å²) < 4.78 is 50.9. The molecule has 0 spiro atoms. The Balaban J connectivity index is 1.93. The van der Waals surface area contributed by atoms with Crippen LogP contribution in [0.15, 0.2) is 12.2 Å². The van der Waals surface area contributed by atoms with Crippen LogP contribution in [0.3, 0.4) is 0 Å². The molecule has 3 atom stereocenters. The van der Waals surface area contributed by atoms with Gasteiger partial charge in [-0.1, -0.05) is 24.3 Å². The van der Waals surface area contributed by atoms with E-state index in [1.807, 2.05) is 0 Å². The fourth-order valence-corrected chi connectivity index (χ4v) is 3.16. The molecule has 2 heterocycles. The highest BCUT2D eigenvalue weighted by Crippen LogP contribution is 2.32. The number of amides is 3. The molecule has 0 radical (unpaired) electrons. The number of hydrogen-bond acceptors (Lipinski definition) is 6. The van der Waals surface area contributed by atoms with Gasteiger partial charge >= 0.3 is 12.3 Å². The first-order chi connectivity index (χ1) is 13.5. The van der Waals surface area contributed by atoms with Crippen LogP contribution in [0.5, 0.6) is 0 Å². The van der Waals surface area contributed by atoms with Crippen LogP contribution < -0.4 is 10.6 Å². The van der Waals surface area contributed by atoms with Crippen molar-refractivity contribution in [2.75, 3.05) is 11.9 Å². The van der Waals surface area contributed by atoms with Crippen LogP contribution in [-0.2, 0) is 15.8 Å². The molecule has 0 aliphatic carbocycles. The maximum atomic E-state index is 13.5. The first-order valence-electron chi connectivity index (χ1n) is 8.35. The average Bonchev–Trinajstić information content (AvgIpc) is 3.24. The molecule has 1 saturated heterocycles. The molecule has 0 unspecified atom stereocenters. The molecule has 3 N–H and O–H groups in total. The van der Waals surface area contributed by atoms with E-state index in [9.17, 15) is 31.9 Å². The summed E-state index contributed by atoms with van der Waals surface area (Å²) in [6.07, 6.45) is -5.20. The van der Waals surface area contributed by atoms with Crippen molar-refractivity contribution in [1.29, 1.82) is 0 Å². The number of carboxylic acid groups (broad SMARTS) is 1. The highest BCUT2D eigenvalue weighted by Gasteiger charge is 2.40. The van der Waals surface area contributed by atoms with Gasteiger partial charge in [0.1, 0.15) is 12.2 Å². The average molecular weight is 439 g/mol. The Labute approximate surface area is 165 Å². The summed E-state index contributed by atoms with van der Waals surface area (Å²) in [4.78, 5) is 35.9. The predicted molar refractivity (Wildman–Crippen MR) is 92.9 cm³/mol. The van der Waals surface area contributed by atoms with Crippen LogP contribution in [0.25, 0.3) is 0 Å². The summed E-state index contributed by atoms with van der Waals surface area (Å²) >= 11 is 0.159. The molecule has 0 saturated carbocycles. The van der Waals surface area contributed by atoms with Gasteiger partial charge in [0, 0.05) is 18.5 Å². The fraction of sp³-hybridized carbons (Fsp3) is 0.533. The maximum Gasteiger partial charge on any atom is 0.445 e. The summed E-state index contributed by atoms with van der Waals surface area (Å²) in [5.74, 6) is -1.50. The van der Waals surface area contributed by atoms with Crippen LogP contribution >= 0.6 is 11.3 Å². The van der Waals surface area contributed by atoms with E-state index >= 15 is 0 Å². The number of halogens is 4. The lowest BCUT2D eigenvalue weighted by molar-refractivity contribution is -0.138. The third-order valence-electron chi connectivity index (χ3n) is 3.94. The number of anilines is 1. The van der Waals surface area contributed by atoms with Crippen molar-refractivity contribution in [3.63, 3.8) is 0 Å². The standard InChI is InChI=1S/C15H17F4N5O4S/c1-2-8(20-11(26)9-5-7(16)6-24(9)14(27)28)3-4-10(25)21-13-23-22-12(29-13)15(17,18)19/h3-4,7-9H,2,5-6H2,1H3,(H,20,26)(H,27,28)(H,21,23,25)/t7-,8-,9-/m0/s1. The molecule has 1 fully saturated rings. The zero-order valence-corrected chi connectivity index (χ0v) is 15.8. The SMILES string of the molecule is CC[C@@H](C=CC(=O)Nc1nnc(C(F)(F)F)s1)NC(=O)[C@@H]1C[C@H](F)CN1C(=O)O. The van der Waals surface area contributed by atoms with E-state index in [1.165, 1.54) is 6.08 Å². The van der Waals surface area contributed by atoms with E-state index in [-0.39, 0.29) is 22.9 Å². The lowest BCUT2D eigenvalue weighted by atomic mass is 10.1. The minimum atomic E-state index is -4.67. The third kappa shape index (κ3) is 6.10. The minimum Gasteiger partial charge on any atom is -0.465 e. The molecule has 14 heteroatoms. The summed E-state index contributed by atoms with van der Waals surface area (Å²) in [5.41, 5.74) is 0. The number of likely N-dealkylation sites (tertiary alicyclic amines) is 1. The van der Waals surface area contributed by atoms with Gasteiger partial charge in [0.05, 0.1) is 6.54 Å². The molecular formula is C15H17F4N5O4S. The Morgan fingerprint density at radius 1 is 1.38 bits per heavy atom. The number of carbonyl (C=O) groups excluding carboxylic acids is 2. The number of nitrogens with one attached hydrogen (secondary N) is 2. The number of carbonyl (C=O) groups is 3. The van der Waals surface area contributed by atoms with E-state index in [0.717, 1.165) is 6.08 Å². The number of alkyl halides is 4. The highest BCUT2D eigenvalue weighted by atomic mass is 32.1. The molecule has 1 aromatic heterocycles. The number of rotatable bonds is 6. The Kier molecular flexibility index (Phi) is 7.11. The van der Waals surface area contributed by atoms with E-state index in [1.54, 1.807) is 6.92 Å². The van der Waals surface area contributed by atoms with Crippen LogP contribution in [0.4, 0.5) is 27.5 Å². The Morgan fingerprint density at radius 3 is 2.62 bits per heavy atom. The van der Waals surface area contributed by atoms with Crippen molar-refractivity contribution in [3.05, 3.63) is 17.2 Å². The van der Waals surface area contributed by atoms with E-state index in [4.69, 9.17) is 5.11 Å². The number of aromatic nitrogens is 2. The van der Waals surface area contributed by atoms with E-state index < -0.39 is 53.9 Å². The van der Waals surface area contributed by atoms with Crippen LogP contribution in [0.1, 0.15) is 24.8 Å². The lowest BCUT2D eigenvalue weighted by Gasteiger charge is -2.22. The number of hydrogen-bond donors (Lipinski definition) is 3. The van der Waals surface area contributed by atoms with Crippen LogP contribution in [-0.4, -0.2) is 62.9 Å². The fourth-order valence-electron chi connectivity index (χ4n) is 2.55. The summed E-state index contributed by atoms with van der Waals surface area (Å²) in [6.45, 7) is 1.28.